The van der Waals surface area contributed by atoms with Crippen LogP contribution in [0.3, 0.4) is 0 Å². The predicted octanol–water partition coefficient (Wildman–Crippen LogP) is 1.77. The predicted molar refractivity (Wildman–Crippen MR) is 71.3 cm³/mol. The number of likely N-dealkylation sites (tertiary alicyclic amines) is 1. The Morgan fingerprint density at radius 1 is 1.28 bits per heavy atom. The first-order valence-electron chi connectivity index (χ1n) is 7.74. The summed E-state index contributed by atoms with van der Waals surface area (Å²) in [5, 5.41) is 20.4. The Morgan fingerprint density at radius 2 is 2.06 bits per heavy atom. The average Bonchev–Trinajstić information content (AvgIpc) is 2.67. The molecule has 0 aromatic carbocycles. The Labute approximate surface area is 110 Å². The number of piperidine rings is 1. The quantitative estimate of drug-likeness (QED) is 0.805. The number of aliphatic hydroxyl groups is 2. The van der Waals surface area contributed by atoms with Crippen LogP contribution in [0.2, 0.25) is 0 Å². The van der Waals surface area contributed by atoms with E-state index in [1.165, 1.54) is 19.3 Å². The molecule has 0 amide bonds. The fourth-order valence-corrected chi connectivity index (χ4v) is 4.56. The zero-order chi connectivity index (χ0) is 12.8. The summed E-state index contributed by atoms with van der Waals surface area (Å²) in [6.45, 7) is 4.18. The van der Waals surface area contributed by atoms with Crippen LogP contribution < -0.4 is 0 Å². The fraction of sp³-hybridized carbons (Fsp3) is 1.00. The summed E-state index contributed by atoms with van der Waals surface area (Å²) in [6, 6.07) is 0.540. The zero-order valence-electron chi connectivity index (χ0n) is 11.5. The summed E-state index contributed by atoms with van der Waals surface area (Å²) in [5.74, 6) is 1.42. The molecular weight excluding hydrogens is 226 g/mol. The van der Waals surface area contributed by atoms with Gasteiger partial charge in [-0.05, 0) is 56.9 Å². The van der Waals surface area contributed by atoms with Gasteiger partial charge >= 0.3 is 0 Å². The SMILES string of the molecule is CC[C@H]1C[C@@](O)(CN2CCCC3CC(O)CC32)C1. The molecule has 2 saturated carbocycles. The van der Waals surface area contributed by atoms with Crippen molar-refractivity contribution in [3.63, 3.8) is 0 Å². The molecule has 1 heterocycles. The molecule has 0 bridgehead atoms. The Morgan fingerprint density at radius 3 is 2.78 bits per heavy atom. The third-order valence-corrected chi connectivity index (χ3v) is 5.53. The van der Waals surface area contributed by atoms with Gasteiger partial charge in [0, 0.05) is 12.6 Å². The van der Waals surface area contributed by atoms with E-state index in [1.807, 2.05) is 0 Å². The summed E-state index contributed by atoms with van der Waals surface area (Å²) in [5.41, 5.74) is -0.421. The number of aliphatic hydroxyl groups excluding tert-OH is 1. The molecule has 104 valence electrons. The van der Waals surface area contributed by atoms with Gasteiger partial charge in [-0.1, -0.05) is 13.3 Å². The topological polar surface area (TPSA) is 43.7 Å². The van der Waals surface area contributed by atoms with E-state index >= 15 is 0 Å². The molecule has 2 N–H and O–H groups in total. The van der Waals surface area contributed by atoms with Crippen LogP contribution in [0.1, 0.15) is 51.9 Å². The lowest BCUT2D eigenvalue weighted by Crippen LogP contribution is -2.56. The second-order valence-electron chi connectivity index (χ2n) is 6.97. The highest BCUT2D eigenvalue weighted by atomic mass is 16.3. The summed E-state index contributed by atoms with van der Waals surface area (Å²) in [6.07, 6.45) is 7.50. The summed E-state index contributed by atoms with van der Waals surface area (Å²) >= 11 is 0. The van der Waals surface area contributed by atoms with Crippen LogP contribution in [0.25, 0.3) is 0 Å². The first-order chi connectivity index (χ1) is 8.59. The molecule has 3 unspecified atom stereocenters. The van der Waals surface area contributed by atoms with Crippen LogP contribution in [-0.2, 0) is 0 Å². The maximum atomic E-state index is 10.5. The Hall–Kier alpha value is -0.120. The lowest BCUT2D eigenvalue weighted by Gasteiger charge is -2.49. The second kappa shape index (κ2) is 4.77. The van der Waals surface area contributed by atoms with Crippen molar-refractivity contribution in [3.05, 3.63) is 0 Å². The first-order valence-corrected chi connectivity index (χ1v) is 7.74. The van der Waals surface area contributed by atoms with Crippen LogP contribution in [0.5, 0.6) is 0 Å². The van der Waals surface area contributed by atoms with Crippen LogP contribution in [-0.4, -0.2) is 45.9 Å². The summed E-state index contributed by atoms with van der Waals surface area (Å²) < 4.78 is 0. The van der Waals surface area contributed by atoms with E-state index < -0.39 is 5.60 Å². The lowest BCUT2D eigenvalue weighted by atomic mass is 9.69. The Kier molecular flexibility index (Phi) is 3.41. The highest BCUT2D eigenvalue weighted by molar-refractivity contribution is 5.00. The molecule has 3 rings (SSSR count). The highest BCUT2D eigenvalue weighted by Gasteiger charge is 2.46. The van der Waals surface area contributed by atoms with Crippen molar-refractivity contribution in [2.75, 3.05) is 13.1 Å². The van der Waals surface area contributed by atoms with Crippen LogP contribution >= 0.6 is 0 Å². The van der Waals surface area contributed by atoms with E-state index in [9.17, 15) is 10.2 Å². The molecule has 3 fully saturated rings. The molecule has 3 atom stereocenters. The number of nitrogens with zero attached hydrogens (tertiary/aromatic N) is 1. The molecule has 3 heteroatoms. The van der Waals surface area contributed by atoms with Crippen molar-refractivity contribution in [3.8, 4) is 0 Å². The normalized spacial score (nSPS) is 48.8. The molecule has 1 saturated heterocycles. The van der Waals surface area contributed by atoms with E-state index in [0.717, 1.165) is 44.7 Å². The van der Waals surface area contributed by atoms with Crippen molar-refractivity contribution in [2.24, 2.45) is 11.8 Å². The number of fused-ring (bicyclic) bond motifs is 1. The maximum absolute atomic E-state index is 10.5. The van der Waals surface area contributed by atoms with Crippen molar-refractivity contribution < 1.29 is 10.2 Å². The van der Waals surface area contributed by atoms with Gasteiger partial charge in [-0.3, -0.25) is 4.90 Å². The minimum atomic E-state index is -0.421. The first kappa shape index (κ1) is 12.9. The van der Waals surface area contributed by atoms with E-state index in [-0.39, 0.29) is 6.10 Å². The van der Waals surface area contributed by atoms with E-state index in [0.29, 0.717) is 12.0 Å². The third kappa shape index (κ3) is 2.33. The molecule has 3 nitrogen and oxygen atoms in total. The molecular formula is C15H27NO2. The van der Waals surface area contributed by atoms with Gasteiger partial charge in [0.1, 0.15) is 0 Å². The molecule has 3 aliphatic rings. The van der Waals surface area contributed by atoms with Crippen LogP contribution in [0, 0.1) is 11.8 Å². The lowest BCUT2D eigenvalue weighted by molar-refractivity contribution is -0.106. The van der Waals surface area contributed by atoms with Gasteiger partial charge in [-0.2, -0.15) is 0 Å². The van der Waals surface area contributed by atoms with Gasteiger partial charge < -0.3 is 10.2 Å². The van der Waals surface area contributed by atoms with Crippen molar-refractivity contribution in [1.29, 1.82) is 0 Å². The van der Waals surface area contributed by atoms with Gasteiger partial charge in [0.2, 0.25) is 0 Å². The Balaban J connectivity index is 1.59. The summed E-state index contributed by atoms with van der Waals surface area (Å²) in [7, 11) is 0. The smallest absolute Gasteiger partial charge is 0.0779 e. The standard InChI is InChI=1S/C15H27NO2/c1-2-11-8-15(18,9-11)10-16-5-3-4-12-6-13(17)7-14(12)16/h11-14,17-18H,2-10H2,1H3/t11-,12?,13?,14?,15-. The van der Waals surface area contributed by atoms with Gasteiger partial charge in [-0.15, -0.1) is 0 Å². The number of hydrogen-bond donors (Lipinski definition) is 2. The number of rotatable bonds is 3. The maximum Gasteiger partial charge on any atom is 0.0779 e. The van der Waals surface area contributed by atoms with Gasteiger partial charge in [0.15, 0.2) is 0 Å². The molecule has 2 aliphatic carbocycles. The number of hydrogen-bond acceptors (Lipinski definition) is 3. The molecule has 0 spiro atoms. The molecule has 18 heavy (non-hydrogen) atoms. The fourth-order valence-electron chi connectivity index (χ4n) is 4.56. The highest BCUT2D eigenvalue weighted by Crippen LogP contribution is 2.43. The number of β-amino-alcohol motifs (C(OH)–C–C–N with tert-alkyl or cyclic N) is 1. The Bertz CT molecular complexity index is 301. The van der Waals surface area contributed by atoms with Crippen molar-refractivity contribution in [1.82, 2.24) is 4.90 Å². The molecule has 0 radical (unpaired) electrons. The van der Waals surface area contributed by atoms with Crippen molar-refractivity contribution >= 4 is 0 Å². The van der Waals surface area contributed by atoms with Gasteiger partial charge in [0.05, 0.1) is 11.7 Å². The van der Waals surface area contributed by atoms with Crippen LogP contribution in [0.4, 0.5) is 0 Å². The molecule has 0 aromatic rings. The van der Waals surface area contributed by atoms with Crippen LogP contribution in [0.15, 0.2) is 0 Å². The van der Waals surface area contributed by atoms with Crippen molar-refractivity contribution in [2.45, 2.75) is 69.6 Å². The summed E-state index contributed by atoms with van der Waals surface area (Å²) in [4.78, 5) is 2.48. The van der Waals surface area contributed by atoms with E-state index in [2.05, 4.69) is 11.8 Å². The minimum absolute atomic E-state index is 0.0972. The zero-order valence-corrected chi connectivity index (χ0v) is 11.5. The average molecular weight is 253 g/mol. The molecule has 0 aromatic heterocycles. The molecule has 1 aliphatic heterocycles. The largest absolute Gasteiger partial charge is 0.393 e. The second-order valence-corrected chi connectivity index (χ2v) is 6.97. The monoisotopic (exact) mass is 253 g/mol. The third-order valence-electron chi connectivity index (χ3n) is 5.53. The van der Waals surface area contributed by atoms with E-state index in [1.54, 1.807) is 0 Å². The van der Waals surface area contributed by atoms with Gasteiger partial charge in [-0.25, -0.2) is 0 Å². The van der Waals surface area contributed by atoms with Gasteiger partial charge in [0.25, 0.3) is 0 Å². The minimum Gasteiger partial charge on any atom is -0.393 e. The van der Waals surface area contributed by atoms with E-state index in [4.69, 9.17) is 0 Å².